The summed E-state index contributed by atoms with van der Waals surface area (Å²) < 4.78 is 0. The molecule has 0 radical (unpaired) electrons. The first-order valence-corrected chi connectivity index (χ1v) is 6.68. The Hall–Kier alpha value is -3.82. The number of ketones is 1. The molecular weight excluding hydrogens is 336 g/mol. The van der Waals surface area contributed by atoms with Crippen molar-refractivity contribution >= 4 is 23.1 Å². The molecule has 25 heavy (non-hydrogen) atoms. The molecule has 0 atom stereocenters. The zero-order valence-electron chi connectivity index (χ0n) is 12.6. The van der Waals surface area contributed by atoms with Gasteiger partial charge < -0.3 is 10.2 Å². The fourth-order valence-corrected chi connectivity index (χ4v) is 2.24. The summed E-state index contributed by atoms with van der Waals surface area (Å²) in [4.78, 5) is 44.0. The van der Waals surface area contributed by atoms with Gasteiger partial charge in [0, 0.05) is 6.07 Å². The van der Waals surface area contributed by atoms with Crippen LogP contribution < -0.4 is 0 Å². The number of hydrogen-bond donors (Lipinski definition) is 2. The molecule has 10 nitrogen and oxygen atoms in total. The maximum atomic E-state index is 12.6. The Labute approximate surface area is 139 Å². The first kappa shape index (κ1) is 17.5. The van der Waals surface area contributed by atoms with Crippen LogP contribution in [0.25, 0.3) is 0 Å². The van der Waals surface area contributed by atoms with E-state index >= 15 is 0 Å². The SMILES string of the molecule is Cc1ccc(C(=O)c2c(C(=O)O)cc([N+](=O)[O-])cc2[N+](=O)[O-])c(O)c1. The van der Waals surface area contributed by atoms with Crippen molar-refractivity contribution in [1.29, 1.82) is 0 Å². The first-order valence-electron chi connectivity index (χ1n) is 6.68. The molecule has 0 fully saturated rings. The third-order valence-corrected chi connectivity index (χ3v) is 3.37. The molecule has 0 saturated carbocycles. The van der Waals surface area contributed by atoms with Crippen molar-refractivity contribution in [3.05, 3.63) is 72.8 Å². The fourth-order valence-electron chi connectivity index (χ4n) is 2.24. The summed E-state index contributed by atoms with van der Waals surface area (Å²) in [7, 11) is 0. The molecule has 0 aromatic heterocycles. The molecule has 0 spiro atoms. The van der Waals surface area contributed by atoms with Gasteiger partial charge in [-0.05, 0) is 24.6 Å². The maximum Gasteiger partial charge on any atom is 0.336 e. The Morgan fingerprint density at radius 3 is 2.12 bits per heavy atom. The number of carboxylic acids is 1. The van der Waals surface area contributed by atoms with Crippen LogP contribution in [0.5, 0.6) is 5.75 Å². The molecule has 0 amide bonds. The maximum absolute atomic E-state index is 12.6. The number of aromatic hydroxyl groups is 1. The zero-order valence-corrected chi connectivity index (χ0v) is 12.6. The number of phenols is 1. The van der Waals surface area contributed by atoms with Crippen LogP contribution in [-0.4, -0.2) is 31.8 Å². The van der Waals surface area contributed by atoms with Crippen LogP contribution in [0.2, 0.25) is 0 Å². The van der Waals surface area contributed by atoms with Gasteiger partial charge in [-0.15, -0.1) is 0 Å². The van der Waals surface area contributed by atoms with Crippen LogP contribution in [0.3, 0.4) is 0 Å². The van der Waals surface area contributed by atoms with Crippen molar-refractivity contribution in [3.63, 3.8) is 0 Å². The smallest absolute Gasteiger partial charge is 0.336 e. The summed E-state index contributed by atoms with van der Waals surface area (Å²) in [6.45, 7) is 1.63. The molecule has 0 saturated heterocycles. The Bertz CT molecular complexity index is 900. The number of benzene rings is 2. The van der Waals surface area contributed by atoms with Crippen LogP contribution in [-0.2, 0) is 0 Å². The number of hydrogen-bond acceptors (Lipinski definition) is 7. The van der Waals surface area contributed by atoms with Gasteiger partial charge in [0.25, 0.3) is 11.4 Å². The molecule has 128 valence electrons. The Balaban J connectivity index is 2.82. The Morgan fingerprint density at radius 1 is 1.00 bits per heavy atom. The number of nitrogens with zero attached hydrogens (tertiary/aromatic N) is 2. The van der Waals surface area contributed by atoms with E-state index in [9.17, 15) is 40.0 Å². The minimum Gasteiger partial charge on any atom is -0.507 e. The van der Waals surface area contributed by atoms with E-state index in [4.69, 9.17) is 0 Å². The van der Waals surface area contributed by atoms with Gasteiger partial charge in [-0.2, -0.15) is 0 Å². The second kappa shape index (κ2) is 6.35. The van der Waals surface area contributed by atoms with Crippen molar-refractivity contribution in [2.45, 2.75) is 6.92 Å². The number of carbonyl (C=O) groups is 2. The molecule has 0 aliphatic carbocycles. The second-order valence-corrected chi connectivity index (χ2v) is 5.06. The molecule has 0 aliphatic rings. The van der Waals surface area contributed by atoms with Crippen LogP contribution in [0.1, 0.15) is 31.8 Å². The highest BCUT2D eigenvalue weighted by molar-refractivity contribution is 6.18. The summed E-state index contributed by atoms with van der Waals surface area (Å²) in [5.74, 6) is -3.37. The van der Waals surface area contributed by atoms with E-state index in [0.29, 0.717) is 17.7 Å². The standard InChI is InChI=1S/C15H10N2O8/c1-7-2-3-9(12(18)4-7)14(19)13-10(15(20)21)5-8(16(22)23)6-11(13)17(24)25/h2-6,18H,1H3,(H,20,21). The molecule has 0 heterocycles. The van der Waals surface area contributed by atoms with Gasteiger partial charge in [-0.3, -0.25) is 25.0 Å². The van der Waals surface area contributed by atoms with E-state index in [1.807, 2.05) is 0 Å². The summed E-state index contributed by atoms with van der Waals surface area (Å²) in [6, 6.07) is 4.93. The number of nitro benzene ring substituents is 2. The Kier molecular flexibility index (Phi) is 4.46. The van der Waals surface area contributed by atoms with E-state index in [1.54, 1.807) is 6.92 Å². The molecular formula is C15H10N2O8. The number of rotatable bonds is 5. The van der Waals surface area contributed by atoms with Gasteiger partial charge in [0.15, 0.2) is 0 Å². The van der Waals surface area contributed by atoms with Gasteiger partial charge in [-0.25, -0.2) is 4.79 Å². The van der Waals surface area contributed by atoms with Crippen molar-refractivity contribution < 1.29 is 29.6 Å². The summed E-state index contributed by atoms with van der Waals surface area (Å²) in [6.07, 6.45) is 0. The predicted octanol–water partition coefficient (Wildman–Crippen LogP) is 2.45. The lowest BCUT2D eigenvalue weighted by molar-refractivity contribution is -0.394. The second-order valence-electron chi connectivity index (χ2n) is 5.06. The topological polar surface area (TPSA) is 161 Å². The van der Waals surface area contributed by atoms with E-state index in [1.165, 1.54) is 18.2 Å². The van der Waals surface area contributed by atoms with Gasteiger partial charge >= 0.3 is 5.97 Å². The first-order chi connectivity index (χ1) is 11.6. The molecule has 0 bridgehead atoms. The number of aromatic carboxylic acids is 1. The molecule has 2 rings (SSSR count). The number of carboxylic acid groups (broad SMARTS) is 1. The van der Waals surface area contributed by atoms with Gasteiger partial charge in [0.2, 0.25) is 5.78 Å². The average molecular weight is 346 g/mol. The highest BCUT2D eigenvalue weighted by atomic mass is 16.6. The third kappa shape index (κ3) is 3.27. The summed E-state index contributed by atoms with van der Waals surface area (Å²) in [5, 5.41) is 41.2. The Morgan fingerprint density at radius 2 is 1.64 bits per heavy atom. The lowest BCUT2D eigenvalue weighted by atomic mass is 9.94. The highest BCUT2D eigenvalue weighted by Crippen LogP contribution is 2.32. The summed E-state index contributed by atoms with van der Waals surface area (Å²) >= 11 is 0. The molecule has 2 N–H and O–H groups in total. The third-order valence-electron chi connectivity index (χ3n) is 3.37. The van der Waals surface area contributed by atoms with Crippen molar-refractivity contribution in [3.8, 4) is 5.75 Å². The summed E-state index contributed by atoms with van der Waals surface area (Å²) in [5.41, 5.74) is -3.37. The van der Waals surface area contributed by atoms with Crippen molar-refractivity contribution in [1.82, 2.24) is 0 Å². The van der Waals surface area contributed by atoms with Gasteiger partial charge in [0.05, 0.1) is 27.0 Å². The monoisotopic (exact) mass is 346 g/mol. The van der Waals surface area contributed by atoms with E-state index < -0.39 is 49.9 Å². The van der Waals surface area contributed by atoms with E-state index in [2.05, 4.69) is 0 Å². The minimum atomic E-state index is -1.75. The molecule has 10 heteroatoms. The van der Waals surface area contributed by atoms with Gasteiger partial charge in [-0.1, -0.05) is 6.07 Å². The predicted molar refractivity (Wildman–Crippen MR) is 83.0 cm³/mol. The average Bonchev–Trinajstić information content (AvgIpc) is 2.52. The van der Waals surface area contributed by atoms with Crippen LogP contribution in [0, 0.1) is 27.2 Å². The normalized spacial score (nSPS) is 10.3. The minimum absolute atomic E-state index is 0.356. The van der Waals surface area contributed by atoms with Gasteiger partial charge in [0.1, 0.15) is 11.3 Å². The molecule has 2 aromatic carbocycles. The van der Waals surface area contributed by atoms with Crippen LogP contribution in [0.4, 0.5) is 11.4 Å². The zero-order chi connectivity index (χ0) is 18.9. The number of aryl methyl sites for hydroxylation is 1. The van der Waals surface area contributed by atoms with Crippen LogP contribution in [0.15, 0.2) is 30.3 Å². The van der Waals surface area contributed by atoms with E-state index in [-0.39, 0.29) is 5.56 Å². The number of phenolic OH excluding ortho intramolecular Hbond substituents is 1. The lowest BCUT2D eigenvalue weighted by Gasteiger charge is -2.08. The number of non-ortho nitro benzene ring substituents is 1. The quantitative estimate of drug-likeness (QED) is 0.474. The fraction of sp³-hybridized carbons (Fsp3) is 0.0667. The lowest BCUT2D eigenvalue weighted by Crippen LogP contribution is -2.14. The van der Waals surface area contributed by atoms with Crippen LogP contribution >= 0.6 is 0 Å². The number of carbonyl (C=O) groups excluding carboxylic acids is 1. The van der Waals surface area contributed by atoms with E-state index in [0.717, 1.165) is 0 Å². The molecule has 2 aromatic rings. The molecule has 0 aliphatic heterocycles. The number of nitro groups is 2. The largest absolute Gasteiger partial charge is 0.507 e. The molecule has 0 unspecified atom stereocenters. The van der Waals surface area contributed by atoms with Crippen molar-refractivity contribution in [2.24, 2.45) is 0 Å². The highest BCUT2D eigenvalue weighted by Gasteiger charge is 2.33. The van der Waals surface area contributed by atoms with Crippen molar-refractivity contribution in [2.75, 3.05) is 0 Å².